The largest absolute Gasteiger partial charge is 0.355 e. The Balaban J connectivity index is 2.62. The standard InChI is InChI=1S/C15H11ClN2O3/c1-21-15(10-17,11-5-3-2-4-6-11)12-7-8-14(18(19)20)13(16)9-12/h2-9H,1H3. The molecule has 6 heteroatoms. The maximum atomic E-state index is 10.8. The molecule has 0 N–H and O–H groups in total. The lowest BCUT2D eigenvalue weighted by atomic mass is 9.87. The SMILES string of the molecule is COC(C#N)(c1ccccc1)c1ccc([N+](=O)[O-])c(Cl)c1. The molecule has 2 aromatic carbocycles. The summed E-state index contributed by atoms with van der Waals surface area (Å²) in [4.78, 5) is 10.2. The van der Waals surface area contributed by atoms with E-state index < -0.39 is 10.5 Å². The predicted molar refractivity (Wildman–Crippen MR) is 78.0 cm³/mol. The highest BCUT2D eigenvalue weighted by molar-refractivity contribution is 6.32. The number of benzene rings is 2. The molecule has 2 aromatic rings. The monoisotopic (exact) mass is 302 g/mol. The Morgan fingerprint density at radius 3 is 2.38 bits per heavy atom. The third-order valence-electron chi connectivity index (χ3n) is 3.19. The summed E-state index contributed by atoms with van der Waals surface area (Å²) in [6.45, 7) is 0. The average Bonchev–Trinajstić information content (AvgIpc) is 2.50. The van der Waals surface area contributed by atoms with Crippen molar-refractivity contribution in [3.63, 3.8) is 0 Å². The molecular weight excluding hydrogens is 292 g/mol. The van der Waals surface area contributed by atoms with Gasteiger partial charge in [-0.15, -0.1) is 0 Å². The summed E-state index contributed by atoms with van der Waals surface area (Å²) in [6.07, 6.45) is 0. The molecule has 0 radical (unpaired) electrons. The minimum atomic E-state index is -1.36. The molecule has 1 atom stereocenters. The molecule has 0 spiro atoms. The maximum absolute atomic E-state index is 10.8. The molecule has 0 heterocycles. The molecule has 1 unspecified atom stereocenters. The lowest BCUT2D eigenvalue weighted by Gasteiger charge is -2.26. The van der Waals surface area contributed by atoms with Gasteiger partial charge in [0.15, 0.2) is 0 Å². The van der Waals surface area contributed by atoms with E-state index in [1.807, 2.05) is 6.07 Å². The van der Waals surface area contributed by atoms with Gasteiger partial charge in [0.05, 0.1) is 4.92 Å². The van der Waals surface area contributed by atoms with Crippen LogP contribution in [0.15, 0.2) is 48.5 Å². The Morgan fingerprint density at radius 2 is 1.90 bits per heavy atom. The van der Waals surface area contributed by atoms with Crippen molar-refractivity contribution in [1.82, 2.24) is 0 Å². The van der Waals surface area contributed by atoms with Gasteiger partial charge in [0.1, 0.15) is 11.1 Å². The third kappa shape index (κ3) is 2.59. The van der Waals surface area contributed by atoms with Crippen molar-refractivity contribution in [2.45, 2.75) is 5.60 Å². The molecule has 0 fully saturated rings. The summed E-state index contributed by atoms with van der Waals surface area (Å²) in [6, 6.07) is 15.2. The van der Waals surface area contributed by atoms with Crippen LogP contribution in [0.25, 0.3) is 0 Å². The summed E-state index contributed by atoms with van der Waals surface area (Å²) >= 11 is 5.93. The first-order chi connectivity index (χ1) is 10.0. The van der Waals surface area contributed by atoms with E-state index in [0.29, 0.717) is 11.1 Å². The first-order valence-corrected chi connectivity index (χ1v) is 6.39. The van der Waals surface area contributed by atoms with Gasteiger partial charge in [0.2, 0.25) is 5.60 Å². The Kier molecular flexibility index (Phi) is 4.22. The van der Waals surface area contributed by atoms with Gasteiger partial charge in [-0.3, -0.25) is 10.1 Å². The zero-order valence-corrected chi connectivity index (χ0v) is 11.9. The van der Waals surface area contributed by atoms with Crippen molar-refractivity contribution in [1.29, 1.82) is 5.26 Å². The van der Waals surface area contributed by atoms with Crippen LogP contribution in [0.5, 0.6) is 0 Å². The second kappa shape index (κ2) is 5.92. The Labute approximate surface area is 126 Å². The van der Waals surface area contributed by atoms with Gasteiger partial charge >= 0.3 is 0 Å². The number of nitro benzene ring substituents is 1. The van der Waals surface area contributed by atoms with Crippen LogP contribution in [-0.4, -0.2) is 12.0 Å². The smallest absolute Gasteiger partial charge is 0.287 e. The fourth-order valence-electron chi connectivity index (χ4n) is 2.12. The van der Waals surface area contributed by atoms with Gasteiger partial charge < -0.3 is 4.74 Å². The van der Waals surface area contributed by atoms with Crippen LogP contribution in [0.1, 0.15) is 11.1 Å². The van der Waals surface area contributed by atoms with Crippen LogP contribution >= 0.6 is 11.6 Å². The van der Waals surface area contributed by atoms with Crippen LogP contribution in [0.3, 0.4) is 0 Å². The minimum Gasteiger partial charge on any atom is -0.355 e. The van der Waals surface area contributed by atoms with E-state index in [0.717, 1.165) is 0 Å². The molecular formula is C15H11ClN2O3. The molecule has 0 saturated carbocycles. The van der Waals surface area contributed by atoms with Gasteiger partial charge in [-0.2, -0.15) is 5.26 Å². The van der Waals surface area contributed by atoms with E-state index in [2.05, 4.69) is 6.07 Å². The Morgan fingerprint density at radius 1 is 1.24 bits per heavy atom. The molecule has 0 aliphatic carbocycles. The zero-order chi connectivity index (χ0) is 15.5. The van der Waals surface area contributed by atoms with Gasteiger partial charge in [0.25, 0.3) is 5.69 Å². The maximum Gasteiger partial charge on any atom is 0.287 e. The number of hydrogen-bond donors (Lipinski definition) is 0. The van der Waals surface area contributed by atoms with Gasteiger partial charge in [-0.1, -0.05) is 41.9 Å². The molecule has 0 aromatic heterocycles. The van der Waals surface area contributed by atoms with Crippen molar-refractivity contribution >= 4 is 17.3 Å². The van der Waals surface area contributed by atoms with Gasteiger partial charge in [0, 0.05) is 24.3 Å². The van der Waals surface area contributed by atoms with Crippen LogP contribution in [0.2, 0.25) is 5.02 Å². The van der Waals surface area contributed by atoms with E-state index in [4.69, 9.17) is 16.3 Å². The number of rotatable bonds is 4. The van der Waals surface area contributed by atoms with Crippen LogP contribution in [0, 0.1) is 21.4 Å². The molecule has 5 nitrogen and oxygen atoms in total. The second-order valence-electron chi connectivity index (χ2n) is 4.29. The fraction of sp³-hybridized carbons (Fsp3) is 0.133. The summed E-state index contributed by atoms with van der Waals surface area (Å²) in [5.74, 6) is 0. The number of ether oxygens (including phenoxy) is 1. The van der Waals surface area contributed by atoms with E-state index in [1.54, 1.807) is 24.3 Å². The van der Waals surface area contributed by atoms with E-state index >= 15 is 0 Å². The molecule has 0 bridgehead atoms. The van der Waals surface area contributed by atoms with E-state index in [9.17, 15) is 15.4 Å². The van der Waals surface area contributed by atoms with Crippen LogP contribution in [0.4, 0.5) is 5.69 Å². The molecule has 21 heavy (non-hydrogen) atoms. The highest BCUT2D eigenvalue weighted by Crippen LogP contribution is 2.36. The highest BCUT2D eigenvalue weighted by atomic mass is 35.5. The fourth-order valence-corrected chi connectivity index (χ4v) is 2.37. The van der Waals surface area contributed by atoms with Crippen LogP contribution < -0.4 is 0 Å². The summed E-state index contributed by atoms with van der Waals surface area (Å²) in [5.41, 5.74) is -0.509. The topological polar surface area (TPSA) is 76.2 Å². The van der Waals surface area contributed by atoms with Crippen molar-refractivity contribution in [3.8, 4) is 6.07 Å². The third-order valence-corrected chi connectivity index (χ3v) is 3.50. The van der Waals surface area contributed by atoms with Crippen molar-refractivity contribution in [3.05, 3.63) is 74.8 Å². The van der Waals surface area contributed by atoms with Crippen molar-refractivity contribution < 1.29 is 9.66 Å². The number of methoxy groups -OCH3 is 1. The highest BCUT2D eigenvalue weighted by Gasteiger charge is 2.35. The van der Waals surface area contributed by atoms with Crippen molar-refractivity contribution in [2.75, 3.05) is 7.11 Å². The average molecular weight is 303 g/mol. The summed E-state index contributed by atoms with van der Waals surface area (Å²) in [7, 11) is 1.41. The summed E-state index contributed by atoms with van der Waals surface area (Å²) < 4.78 is 5.42. The molecule has 0 amide bonds. The second-order valence-corrected chi connectivity index (χ2v) is 4.69. The molecule has 0 saturated heterocycles. The van der Waals surface area contributed by atoms with E-state index in [1.165, 1.54) is 25.3 Å². The van der Waals surface area contributed by atoms with Crippen LogP contribution in [-0.2, 0) is 10.3 Å². The normalized spacial score (nSPS) is 13.2. The molecule has 106 valence electrons. The zero-order valence-electron chi connectivity index (χ0n) is 11.1. The summed E-state index contributed by atoms with van der Waals surface area (Å²) in [5, 5.41) is 20.4. The molecule has 0 aliphatic heterocycles. The van der Waals surface area contributed by atoms with Crippen molar-refractivity contribution in [2.24, 2.45) is 0 Å². The predicted octanol–water partition coefficient (Wildman–Crippen LogP) is 3.66. The lowest BCUT2D eigenvalue weighted by Crippen LogP contribution is -2.28. The number of nitrogens with zero attached hydrogens (tertiary/aromatic N) is 2. The number of halogens is 1. The molecule has 2 rings (SSSR count). The number of nitriles is 1. The van der Waals surface area contributed by atoms with Gasteiger partial charge in [-0.05, 0) is 12.1 Å². The quantitative estimate of drug-likeness (QED) is 0.638. The van der Waals surface area contributed by atoms with E-state index in [-0.39, 0.29) is 10.7 Å². The number of nitro groups is 1. The first kappa shape index (κ1) is 15.0. The first-order valence-electron chi connectivity index (χ1n) is 6.01. The lowest BCUT2D eigenvalue weighted by molar-refractivity contribution is -0.384. The minimum absolute atomic E-state index is 0.0369. The van der Waals surface area contributed by atoms with Gasteiger partial charge in [-0.25, -0.2) is 0 Å². The Bertz CT molecular complexity index is 713. The Hall–Kier alpha value is -2.42. The molecule has 0 aliphatic rings. The number of hydrogen-bond acceptors (Lipinski definition) is 4.